The van der Waals surface area contributed by atoms with Crippen LogP contribution < -0.4 is 10.6 Å². The molecule has 2 aromatic carbocycles. The molecule has 1 heterocycles. The molecule has 0 saturated heterocycles. The van der Waals surface area contributed by atoms with Crippen LogP contribution >= 0.6 is 0 Å². The summed E-state index contributed by atoms with van der Waals surface area (Å²) in [6.07, 6.45) is 1.31. The highest BCUT2D eigenvalue weighted by Crippen LogP contribution is 2.32. The van der Waals surface area contributed by atoms with E-state index < -0.39 is 0 Å². The third-order valence-electron chi connectivity index (χ3n) is 5.08. The molecule has 0 aliphatic carbocycles. The van der Waals surface area contributed by atoms with Crippen LogP contribution in [0, 0.1) is 0 Å². The minimum absolute atomic E-state index is 0.0224. The molecule has 0 saturated carbocycles. The number of carbonyl (C=O) groups is 3. The summed E-state index contributed by atoms with van der Waals surface area (Å²) in [4.78, 5) is 37.9. The van der Waals surface area contributed by atoms with Crippen molar-refractivity contribution in [1.29, 1.82) is 0 Å². The van der Waals surface area contributed by atoms with E-state index in [-0.39, 0.29) is 30.2 Å². The molecule has 0 aromatic heterocycles. The molecule has 28 heavy (non-hydrogen) atoms. The Balaban J connectivity index is 1.69. The number of carbonyl (C=O) groups excluding carboxylic acids is 3. The van der Waals surface area contributed by atoms with Crippen molar-refractivity contribution in [3.8, 4) is 0 Å². The molecule has 3 rings (SSSR count). The van der Waals surface area contributed by atoms with Gasteiger partial charge in [-0.1, -0.05) is 36.4 Å². The Morgan fingerprint density at radius 3 is 2.43 bits per heavy atom. The summed E-state index contributed by atoms with van der Waals surface area (Å²) >= 11 is 0. The van der Waals surface area contributed by atoms with E-state index in [1.165, 1.54) is 5.56 Å². The van der Waals surface area contributed by atoms with Crippen molar-refractivity contribution >= 4 is 23.4 Å². The summed E-state index contributed by atoms with van der Waals surface area (Å²) in [7, 11) is 1.60. The number of hydrogen-bond donors (Lipinski definition) is 2. The largest absolute Gasteiger partial charge is 0.359 e. The van der Waals surface area contributed by atoms with E-state index in [0.717, 1.165) is 17.5 Å². The normalized spacial score (nSPS) is 15.5. The van der Waals surface area contributed by atoms with E-state index in [1.807, 2.05) is 30.3 Å². The molecule has 0 fully saturated rings. The van der Waals surface area contributed by atoms with Crippen molar-refractivity contribution < 1.29 is 14.4 Å². The molecule has 146 valence electrons. The van der Waals surface area contributed by atoms with Crippen LogP contribution in [0.25, 0.3) is 0 Å². The van der Waals surface area contributed by atoms with Crippen LogP contribution in [0.15, 0.2) is 48.5 Å². The molecular weight excluding hydrogens is 354 g/mol. The molecule has 2 aromatic rings. The second-order valence-corrected chi connectivity index (χ2v) is 6.98. The minimum atomic E-state index is -0.255. The summed E-state index contributed by atoms with van der Waals surface area (Å²) in [5.41, 5.74) is 3.78. The fourth-order valence-corrected chi connectivity index (χ4v) is 3.62. The number of likely N-dealkylation sites (N-methyl/N-ethyl adjacent to an activating group) is 1. The van der Waals surface area contributed by atoms with Gasteiger partial charge in [-0.05, 0) is 35.2 Å². The van der Waals surface area contributed by atoms with Gasteiger partial charge in [-0.15, -0.1) is 0 Å². The van der Waals surface area contributed by atoms with Crippen LogP contribution in [-0.4, -0.2) is 36.2 Å². The van der Waals surface area contributed by atoms with E-state index >= 15 is 0 Å². The van der Waals surface area contributed by atoms with Crippen LogP contribution in [0.2, 0.25) is 0 Å². The summed E-state index contributed by atoms with van der Waals surface area (Å²) in [6.45, 7) is 2.17. The van der Waals surface area contributed by atoms with E-state index in [1.54, 1.807) is 31.0 Å². The summed E-state index contributed by atoms with van der Waals surface area (Å²) in [6, 6.07) is 14.9. The molecule has 0 bridgehead atoms. The predicted molar refractivity (Wildman–Crippen MR) is 108 cm³/mol. The number of nitrogens with one attached hydrogen (secondary N) is 2. The monoisotopic (exact) mass is 379 g/mol. The average Bonchev–Trinajstić information content (AvgIpc) is 2.69. The maximum Gasteiger partial charge on any atom is 0.226 e. The van der Waals surface area contributed by atoms with Gasteiger partial charge in [-0.2, -0.15) is 0 Å². The fraction of sp³-hybridized carbons (Fsp3) is 0.318. The molecule has 6 nitrogen and oxygen atoms in total. The van der Waals surface area contributed by atoms with Gasteiger partial charge in [-0.3, -0.25) is 14.4 Å². The Bertz CT molecular complexity index is 877. The Hall–Kier alpha value is -3.15. The summed E-state index contributed by atoms with van der Waals surface area (Å²) < 4.78 is 0. The zero-order valence-electron chi connectivity index (χ0n) is 16.2. The molecular formula is C22H25N3O3. The molecule has 1 aliphatic rings. The van der Waals surface area contributed by atoms with E-state index in [2.05, 4.69) is 16.7 Å². The average molecular weight is 379 g/mol. The third-order valence-corrected chi connectivity index (χ3v) is 5.08. The zero-order chi connectivity index (χ0) is 20.1. The number of rotatable bonds is 5. The smallest absolute Gasteiger partial charge is 0.226 e. The van der Waals surface area contributed by atoms with Gasteiger partial charge in [-0.25, -0.2) is 0 Å². The quantitative estimate of drug-likeness (QED) is 0.838. The van der Waals surface area contributed by atoms with E-state index in [9.17, 15) is 14.4 Å². The molecule has 0 spiro atoms. The zero-order valence-corrected chi connectivity index (χ0v) is 16.2. The molecule has 1 atom stereocenters. The highest BCUT2D eigenvalue weighted by molar-refractivity contribution is 5.91. The van der Waals surface area contributed by atoms with E-state index in [0.29, 0.717) is 18.7 Å². The Labute approximate surface area is 164 Å². The van der Waals surface area contributed by atoms with Gasteiger partial charge in [0.05, 0.1) is 18.9 Å². The van der Waals surface area contributed by atoms with Gasteiger partial charge < -0.3 is 15.5 Å². The van der Waals surface area contributed by atoms with Gasteiger partial charge in [0.1, 0.15) is 0 Å². The van der Waals surface area contributed by atoms with Crippen LogP contribution in [0.3, 0.4) is 0 Å². The Kier molecular flexibility index (Phi) is 6.09. The molecule has 6 heteroatoms. The van der Waals surface area contributed by atoms with Crippen molar-refractivity contribution in [2.24, 2.45) is 0 Å². The van der Waals surface area contributed by atoms with Gasteiger partial charge >= 0.3 is 0 Å². The standard InChI is InChI=1S/C22H25N3O3/c1-15(26)25-12-11-17-5-3-4-6-19(17)20(25)14-22(28)24-18-9-7-16(8-10-18)13-21(27)23-2/h3-10,20H,11-14H2,1-2H3,(H,23,27)(H,24,28). The first-order chi connectivity index (χ1) is 13.5. The van der Waals surface area contributed by atoms with Crippen molar-refractivity contribution in [2.75, 3.05) is 18.9 Å². The molecule has 0 radical (unpaired) electrons. The van der Waals surface area contributed by atoms with Gasteiger partial charge in [0.2, 0.25) is 17.7 Å². The van der Waals surface area contributed by atoms with Crippen molar-refractivity contribution in [3.63, 3.8) is 0 Å². The van der Waals surface area contributed by atoms with E-state index in [4.69, 9.17) is 0 Å². The lowest BCUT2D eigenvalue weighted by Gasteiger charge is -2.36. The molecule has 2 N–H and O–H groups in total. The number of nitrogens with zero attached hydrogens (tertiary/aromatic N) is 1. The first-order valence-electron chi connectivity index (χ1n) is 9.42. The van der Waals surface area contributed by atoms with Gasteiger partial charge in [0.25, 0.3) is 0 Å². The minimum Gasteiger partial charge on any atom is -0.359 e. The molecule has 3 amide bonds. The lowest BCUT2D eigenvalue weighted by atomic mass is 9.90. The third kappa shape index (κ3) is 4.57. The second kappa shape index (κ2) is 8.69. The van der Waals surface area contributed by atoms with Crippen molar-refractivity contribution in [1.82, 2.24) is 10.2 Å². The Morgan fingerprint density at radius 1 is 1.04 bits per heavy atom. The number of anilines is 1. The van der Waals surface area contributed by atoms with Crippen LogP contribution in [0.5, 0.6) is 0 Å². The lowest BCUT2D eigenvalue weighted by Crippen LogP contribution is -2.40. The topological polar surface area (TPSA) is 78.5 Å². The van der Waals surface area contributed by atoms with Crippen LogP contribution in [0.1, 0.15) is 36.1 Å². The number of hydrogen-bond acceptors (Lipinski definition) is 3. The Morgan fingerprint density at radius 2 is 1.75 bits per heavy atom. The number of benzene rings is 2. The summed E-state index contributed by atoms with van der Waals surface area (Å²) in [5, 5.41) is 5.48. The van der Waals surface area contributed by atoms with Crippen LogP contribution in [-0.2, 0) is 27.2 Å². The maximum absolute atomic E-state index is 12.7. The predicted octanol–water partition coefficient (Wildman–Crippen LogP) is 2.45. The maximum atomic E-state index is 12.7. The molecule has 1 aliphatic heterocycles. The van der Waals surface area contributed by atoms with Crippen LogP contribution in [0.4, 0.5) is 5.69 Å². The molecule has 1 unspecified atom stereocenters. The summed E-state index contributed by atoms with van der Waals surface area (Å²) in [5.74, 6) is -0.227. The highest BCUT2D eigenvalue weighted by Gasteiger charge is 2.30. The number of fused-ring (bicyclic) bond motifs is 1. The van der Waals surface area contributed by atoms with Crippen molar-refractivity contribution in [3.05, 3.63) is 65.2 Å². The fourth-order valence-electron chi connectivity index (χ4n) is 3.62. The van der Waals surface area contributed by atoms with Gasteiger partial charge in [0, 0.05) is 26.2 Å². The SMILES string of the molecule is CNC(=O)Cc1ccc(NC(=O)CC2c3ccccc3CCN2C(C)=O)cc1. The highest BCUT2D eigenvalue weighted by atomic mass is 16.2. The first kappa shape index (κ1) is 19.6. The van der Waals surface area contributed by atoms with Gasteiger partial charge in [0.15, 0.2) is 0 Å². The number of amides is 3. The second-order valence-electron chi connectivity index (χ2n) is 6.98. The first-order valence-corrected chi connectivity index (χ1v) is 9.42. The lowest BCUT2D eigenvalue weighted by molar-refractivity contribution is -0.132. The van der Waals surface area contributed by atoms with Crippen molar-refractivity contribution in [2.45, 2.75) is 32.2 Å².